The Labute approximate surface area is 225 Å². The minimum absolute atomic E-state index is 0.293. The summed E-state index contributed by atoms with van der Waals surface area (Å²) < 4.78 is 17.6. The largest absolute Gasteiger partial charge is 0.464 e. The predicted octanol–water partition coefficient (Wildman–Crippen LogP) is 1.18. The van der Waals surface area contributed by atoms with Gasteiger partial charge in [-0.25, -0.2) is 0 Å². The molecular formula is C22H30I2O10. The summed E-state index contributed by atoms with van der Waals surface area (Å²) in [5.41, 5.74) is -4.21. The summed E-state index contributed by atoms with van der Waals surface area (Å²) in [5, 5.41) is 37.7. The Balaban J connectivity index is 3.21. The first-order valence-corrected chi connectivity index (χ1v) is 12.3. The Hall–Kier alpha value is -1.07. The number of carbonyl (C=O) groups is 3. The lowest BCUT2D eigenvalue weighted by molar-refractivity contribution is -0.175. The molecule has 192 valence electrons. The zero-order valence-electron chi connectivity index (χ0n) is 19.4. The standard InChI is InChI=1S/C22H30I2O10/c1-13-5-14(23)6-15(24)16(13)34-19(31)22(4,11-32-17(29)20(2,7-25)8-26)12-33-18(30)21(3,9-27)10-28/h5-6,25-28H,7-12H2,1-4H3. The second kappa shape index (κ2) is 12.8. The number of rotatable bonds is 12. The van der Waals surface area contributed by atoms with Crippen molar-refractivity contribution in [2.75, 3.05) is 39.6 Å². The fourth-order valence-electron chi connectivity index (χ4n) is 2.35. The average Bonchev–Trinajstić information content (AvgIpc) is 2.81. The van der Waals surface area contributed by atoms with Crippen molar-refractivity contribution in [3.63, 3.8) is 0 Å². The number of esters is 3. The van der Waals surface area contributed by atoms with Crippen LogP contribution in [0.2, 0.25) is 0 Å². The van der Waals surface area contributed by atoms with Crippen LogP contribution in [0.1, 0.15) is 26.3 Å². The Bertz CT molecular complexity index is 837. The Kier molecular flexibility index (Phi) is 11.6. The van der Waals surface area contributed by atoms with Crippen LogP contribution in [0.5, 0.6) is 5.75 Å². The molecule has 1 rings (SSSR count). The molecule has 0 bridgehead atoms. The molecule has 0 saturated heterocycles. The first-order valence-electron chi connectivity index (χ1n) is 10.2. The number of carbonyl (C=O) groups excluding carboxylic acids is 3. The van der Waals surface area contributed by atoms with Crippen LogP contribution in [-0.2, 0) is 23.9 Å². The van der Waals surface area contributed by atoms with Gasteiger partial charge < -0.3 is 34.6 Å². The van der Waals surface area contributed by atoms with Crippen LogP contribution >= 0.6 is 45.2 Å². The average molecular weight is 708 g/mol. The summed E-state index contributed by atoms with van der Waals surface area (Å²) in [6.07, 6.45) is 0. The molecule has 10 nitrogen and oxygen atoms in total. The van der Waals surface area contributed by atoms with Gasteiger partial charge in [0.05, 0.1) is 30.0 Å². The normalized spacial score (nSPS) is 12.3. The van der Waals surface area contributed by atoms with E-state index in [-0.39, 0.29) is 0 Å². The van der Waals surface area contributed by atoms with Crippen LogP contribution < -0.4 is 4.74 Å². The minimum Gasteiger partial charge on any atom is -0.464 e. The number of ether oxygens (including phenoxy) is 3. The third-order valence-electron chi connectivity index (χ3n) is 5.31. The van der Waals surface area contributed by atoms with E-state index >= 15 is 0 Å². The van der Waals surface area contributed by atoms with Gasteiger partial charge in [0.1, 0.15) is 35.2 Å². The minimum atomic E-state index is -1.69. The summed E-state index contributed by atoms with van der Waals surface area (Å²) in [7, 11) is 0. The van der Waals surface area contributed by atoms with Gasteiger partial charge in [-0.3, -0.25) is 14.4 Å². The molecule has 0 aliphatic carbocycles. The molecule has 0 aliphatic heterocycles. The zero-order valence-corrected chi connectivity index (χ0v) is 23.7. The first-order chi connectivity index (χ1) is 15.7. The summed E-state index contributed by atoms with van der Waals surface area (Å²) in [6, 6.07) is 3.61. The molecule has 0 spiro atoms. The van der Waals surface area contributed by atoms with Crippen molar-refractivity contribution in [1.29, 1.82) is 0 Å². The molecule has 0 atom stereocenters. The van der Waals surface area contributed by atoms with E-state index < -0.39 is 73.8 Å². The second-order valence-electron chi connectivity index (χ2n) is 8.89. The first kappa shape index (κ1) is 31.0. The van der Waals surface area contributed by atoms with Gasteiger partial charge in [0.25, 0.3) is 0 Å². The van der Waals surface area contributed by atoms with E-state index in [9.17, 15) is 34.8 Å². The number of hydrogen-bond acceptors (Lipinski definition) is 10. The van der Waals surface area contributed by atoms with E-state index in [1.54, 1.807) is 13.0 Å². The lowest BCUT2D eigenvalue weighted by atomic mass is 9.90. The Morgan fingerprint density at radius 1 is 0.765 bits per heavy atom. The quantitative estimate of drug-likeness (QED) is 0.141. The second-order valence-corrected chi connectivity index (χ2v) is 11.3. The van der Waals surface area contributed by atoms with Gasteiger partial charge in [0, 0.05) is 3.57 Å². The highest BCUT2D eigenvalue weighted by molar-refractivity contribution is 14.1. The Morgan fingerprint density at radius 2 is 1.18 bits per heavy atom. The van der Waals surface area contributed by atoms with Crippen LogP contribution in [-0.4, -0.2) is 78.0 Å². The number of aryl methyl sites for hydroxylation is 1. The van der Waals surface area contributed by atoms with Crippen molar-refractivity contribution in [2.24, 2.45) is 16.2 Å². The molecule has 4 N–H and O–H groups in total. The molecular weight excluding hydrogens is 678 g/mol. The zero-order chi connectivity index (χ0) is 26.3. The molecule has 1 aromatic carbocycles. The van der Waals surface area contributed by atoms with E-state index in [4.69, 9.17) is 14.2 Å². The smallest absolute Gasteiger partial charge is 0.324 e. The summed E-state index contributed by atoms with van der Waals surface area (Å²) in [6.45, 7) is 1.74. The monoisotopic (exact) mass is 708 g/mol. The molecule has 0 amide bonds. The molecule has 0 fully saturated rings. The number of hydrogen-bond donors (Lipinski definition) is 4. The summed E-state index contributed by atoms with van der Waals surface area (Å²) in [5.74, 6) is -2.49. The highest BCUT2D eigenvalue weighted by atomic mass is 127. The van der Waals surface area contributed by atoms with Crippen LogP contribution in [0, 0.1) is 30.3 Å². The van der Waals surface area contributed by atoms with Crippen LogP contribution in [0.25, 0.3) is 0 Å². The molecule has 0 radical (unpaired) electrons. The predicted molar refractivity (Wildman–Crippen MR) is 137 cm³/mol. The molecule has 34 heavy (non-hydrogen) atoms. The van der Waals surface area contributed by atoms with Crippen molar-refractivity contribution in [1.82, 2.24) is 0 Å². The third kappa shape index (κ3) is 7.46. The lowest BCUT2D eigenvalue weighted by Gasteiger charge is -2.31. The topological polar surface area (TPSA) is 160 Å². The van der Waals surface area contributed by atoms with Gasteiger partial charge in [0.2, 0.25) is 0 Å². The number of halogens is 2. The molecule has 0 aromatic heterocycles. The maximum atomic E-state index is 13.2. The fourth-order valence-corrected chi connectivity index (χ4v) is 4.60. The van der Waals surface area contributed by atoms with Gasteiger partial charge in [-0.15, -0.1) is 0 Å². The summed E-state index contributed by atoms with van der Waals surface area (Å²) >= 11 is 4.14. The van der Waals surface area contributed by atoms with Crippen LogP contribution in [0.4, 0.5) is 0 Å². The van der Waals surface area contributed by atoms with Crippen molar-refractivity contribution in [3.05, 3.63) is 24.8 Å². The van der Waals surface area contributed by atoms with E-state index in [0.717, 1.165) is 3.57 Å². The maximum absolute atomic E-state index is 13.2. The molecule has 12 heteroatoms. The van der Waals surface area contributed by atoms with Gasteiger partial charge >= 0.3 is 17.9 Å². The summed E-state index contributed by atoms with van der Waals surface area (Å²) in [4.78, 5) is 38.1. The SMILES string of the molecule is Cc1cc(I)cc(I)c1OC(=O)C(C)(COC(=O)C(C)(CO)CO)COC(=O)C(C)(CO)CO. The fraction of sp³-hybridized carbons (Fsp3) is 0.591. The maximum Gasteiger partial charge on any atom is 0.324 e. The third-order valence-corrected chi connectivity index (χ3v) is 6.73. The number of benzene rings is 1. The van der Waals surface area contributed by atoms with E-state index in [2.05, 4.69) is 22.6 Å². The van der Waals surface area contributed by atoms with Gasteiger partial charge in [-0.05, 0) is 90.6 Å². The highest BCUT2D eigenvalue weighted by Crippen LogP contribution is 2.31. The molecule has 0 unspecified atom stereocenters. The van der Waals surface area contributed by atoms with Gasteiger partial charge in [-0.2, -0.15) is 0 Å². The van der Waals surface area contributed by atoms with E-state index in [1.165, 1.54) is 20.8 Å². The molecule has 1 aromatic rings. The van der Waals surface area contributed by atoms with Crippen molar-refractivity contribution in [2.45, 2.75) is 27.7 Å². The molecule has 0 aliphatic rings. The van der Waals surface area contributed by atoms with Crippen molar-refractivity contribution in [3.8, 4) is 5.75 Å². The van der Waals surface area contributed by atoms with Crippen LogP contribution in [0.15, 0.2) is 12.1 Å². The van der Waals surface area contributed by atoms with E-state index in [1.807, 2.05) is 28.7 Å². The number of aliphatic hydroxyl groups is 4. The molecule has 0 saturated carbocycles. The van der Waals surface area contributed by atoms with Crippen molar-refractivity contribution < 1.29 is 49.0 Å². The van der Waals surface area contributed by atoms with Crippen molar-refractivity contribution >= 4 is 63.1 Å². The molecule has 0 heterocycles. The van der Waals surface area contributed by atoms with Gasteiger partial charge in [-0.1, -0.05) is 0 Å². The highest BCUT2D eigenvalue weighted by Gasteiger charge is 2.43. The lowest BCUT2D eigenvalue weighted by Crippen LogP contribution is -2.46. The van der Waals surface area contributed by atoms with Gasteiger partial charge in [0.15, 0.2) is 0 Å². The van der Waals surface area contributed by atoms with E-state index in [0.29, 0.717) is 14.9 Å². The Morgan fingerprint density at radius 3 is 1.53 bits per heavy atom. The number of aliphatic hydroxyl groups excluding tert-OH is 4. The van der Waals surface area contributed by atoms with Crippen LogP contribution in [0.3, 0.4) is 0 Å².